The van der Waals surface area contributed by atoms with Crippen LogP contribution in [0.15, 0.2) is 12.1 Å². The Hall–Kier alpha value is -1.07. The highest BCUT2D eigenvalue weighted by Crippen LogP contribution is 2.23. The second-order valence-corrected chi connectivity index (χ2v) is 5.36. The van der Waals surface area contributed by atoms with Crippen LogP contribution in [0.4, 0.5) is 0 Å². The van der Waals surface area contributed by atoms with E-state index >= 15 is 0 Å². The number of carboxylic acid groups (broad SMARTS) is 1. The quantitative estimate of drug-likeness (QED) is 0.929. The molecule has 1 unspecified atom stereocenters. The highest BCUT2D eigenvalue weighted by molar-refractivity contribution is 7.14. The molecular weight excluding hydrogens is 274 g/mol. The first-order valence-corrected chi connectivity index (χ1v) is 6.54. The van der Waals surface area contributed by atoms with Gasteiger partial charge in [0.1, 0.15) is 0 Å². The van der Waals surface area contributed by atoms with Crippen LogP contribution in [0, 0.1) is 5.92 Å². The third-order valence-corrected chi connectivity index (χ3v) is 4.26. The van der Waals surface area contributed by atoms with E-state index in [0.29, 0.717) is 24.4 Å². The van der Waals surface area contributed by atoms with Crippen molar-refractivity contribution in [1.82, 2.24) is 4.90 Å². The summed E-state index contributed by atoms with van der Waals surface area (Å²) in [5.74, 6) is -1.23. The van der Waals surface area contributed by atoms with E-state index in [4.69, 9.17) is 5.11 Å². The normalized spacial score (nSPS) is 18.5. The molecule has 100 valence electrons. The summed E-state index contributed by atoms with van der Waals surface area (Å²) in [6.45, 7) is 2.94. The van der Waals surface area contributed by atoms with Crippen molar-refractivity contribution in [2.45, 2.75) is 19.8 Å². The molecule has 1 amide bonds. The Morgan fingerprint density at radius 3 is 2.72 bits per heavy atom. The highest BCUT2D eigenvalue weighted by Gasteiger charge is 2.31. The maximum Gasteiger partial charge on any atom is 0.308 e. The van der Waals surface area contributed by atoms with Gasteiger partial charge in [-0.05, 0) is 25.0 Å². The van der Waals surface area contributed by atoms with E-state index in [1.165, 1.54) is 16.2 Å². The third-order valence-electron chi connectivity index (χ3n) is 3.05. The summed E-state index contributed by atoms with van der Waals surface area (Å²) in [6, 6.07) is 3.79. The second kappa shape index (κ2) is 6.20. The van der Waals surface area contributed by atoms with E-state index in [-0.39, 0.29) is 18.3 Å². The van der Waals surface area contributed by atoms with Crippen molar-refractivity contribution < 1.29 is 14.7 Å². The first-order chi connectivity index (χ1) is 8.11. The number of aryl methyl sites for hydroxylation is 1. The number of amides is 1. The summed E-state index contributed by atoms with van der Waals surface area (Å²) >= 11 is 1.50. The Balaban J connectivity index is 0.00000162. The molecule has 1 aromatic heterocycles. The van der Waals surface area contributed by atoms with Crippen LogP contribution in [0.3, 0.4) is 0 Å². The molecule has 0 spiro atoms. The average molecular weight is 290 g/mol. The van der Waals surface area contributed by atoms with Gasteiger partial charge in [-0.3, -0.25) is 9.59 Å². The van der Waals surface area contributed by atoms with Crippen LogP contribution in [0.5, 0.6) is 0 Å². The van der Waals surface area contributed by atoms with Crippen molar-refractivity contribution in [3.05, 3.63) is 21.9 Å². The van der Waals surface area contributed by atoms with Crippen LogP contribution < -0.4 is 0 Å². The van der Waals surface area contributed by atoms with Gasteiger partial charge in [-0.2, -0.15) is 0 Å². The summed E-state index contributed by atoms with van der Waals surface area (Å²) in [6.07, 6.45) is 1.49. The molecule has 6 heteroatoms. The molecule has 1 N–H and O–H groups in total. The lowest BCUT2D eigenvalue weighted by molar-refractivity contribution is -0.141. The number of carboxylic acids is 1. The van der Waals surface area contributed by atoms with E-state index in [2.05, 4.69) is 6.92 Å². The number of thiophene rings is 1. The molecule has 1 saturated heterocycles. The maximum absolute atomic E-state index is 12.1. The van der Waals surface area contributed by atoms with E-state index in [1.807, 2.05) is 12.1 Å². The van der Waals surface area contributed by atoms with Gasteiger partial charge in [0.25, 0.3) is 5.91 Å². The number of aliphatic carboxylic acids is 1. The monoisotopic (exact) mass is 289 g/mol. The highest BCUT2D eigenvalue weighted by atomic mass is 35.5. The van der Waals surface area contributed by atoms with E-state index in [0.717, 1.165) is 6.42 Å². The zero-order valence-electron chi connectivity index (χ0n) is 10.1. The second-order valence-electron chi connectivity index (χ2n) is 4.19. The minimum absolute atomic E-state index is 0. The molecule has 0 aliphatic carbocycles. The summed E-state index contributed by atoms with van der Waals surface area (Å²) in [5.41, 5.74) is 0. The number of rotatable bonds is 3. The fraction of sp³-hybridized carbons (Fsp3) is 0.500. The minimum atomic E-state index is -0.805. The molecule has 0 saturated carbocycles. The predicted octanol–water partition coefficient (Wildman–Crippen LogP) is 2.28. The molecule has 1 aliphatic rings. The van der Waals surface area contributed by atoms with Gasteiger partial charge in [-0.15, -0.1) is 23.7 Å². The van der Waals surface area contributed by atoms with Gasteiger partial charge >= 0.3 is 5.97 Å². The maximum atomic E-state index is 12.1. The fourth-order valence-corrected chi connectivity index (χ4v) is 2.90. The van der Waals surface area contributed by atoms with Gasteiger partial charge < -0.3 is 10.0 Å². The Morgan fingerprint density at radius 1 is 1.50 bits per heavy atom. The predicted molar refractivity (Wildman–Crippen MR) is 72.6 cm³/mol. The number of carbonyl (C=O) groups is 2. The molecule has 2 heterocycles. The molecule has 0 aromatic carbocycles. The lowest BCUT2D eigenvalue weighted by Crippen LogP contribution is -2.29. The molecule has 1 atom stereocenters. The molecule has 4 nitrogen and oxygen atoms in total. The number of likely N-dealkylation sites (tertiary alicyclic amines) is 1. The zero-order valence-corrected chi connectivity index (χ0v) is 11.7. The smallest absolute Gasteiger partial charge is 0.308 e. The molecule has 1 fully saturated rings. The van der Waals surface area contributed by atoms with Gasteiger partial charge in [0.05, 0.1) is 10.8 Å². The van der Waals surface area contributed by atoms with Crippen molar-refractivity contribution in [3.63, 3.8) is 0 Å². The lowest BCUT2D eigenvalue weighted by atomic mass is 10.1. The van der Waals surface area contributed by atoms with Crippen molar-refractivity contribution in [2.24, 2.45) is 5.92 Å². The molecule has 1 aromatic rings. The summed E-state index contributed by atoms with van der Waals surface area (Å²) < 4.78 is 0. The SMILES string of the molecule is CCc1ccc(C(=O)N2CCC(C(=O)O)C2)s1.Cl. The standard InChI is InChI=1S/C12H15NO3S.ClH/c1-2-9-3-4-10(17-9)11(14)13-6-5-8(7-13)12(15)16;/h3-4,8H,2,5-7H2,1H3,(H,15,16);1H. The molecule has 0 radical (unpaired) electrons. The molecular formula is C12H16ClNO3S. The third kappa shape index (κ3) is 3.03. The van der Waals surface area contributed by atoms with Crippen LogP contribution >= 0.6 is 23.7 Å². The number of nitrogens with zero attached hydrogens (tertiary/aromatic N) is 1. The first kappa shape index (κ1) is 15.0. The Morgan fingerprint density at radius 2 is 2.22 bits per heavy atom. The lowest BCUT2D eigenvalue weighted by Gasteiger charge is -2.14. The number of hydrogen-bond acceptors (Lipinski definition) is 3. The summed E-state index contributed by atoms with van der Waals surface area (Å²) in [4.78, 5) is 26.5. The molecule has 1 aliphatic heterocycles. The van der Waals surface area contributed by atoms with Gasteiger partial charge in [0, 0.05) is 18.0 Å². The average Bonchev–Trinajstić information content (AvgIpc) is 2.97. The van der Waals surface area contributed by atoms with Gasteiger partial charge in [0.2, 0.25) is 0 Å². The fourth-order valence-electron chi connectivity index (χ4n) is 1.99. The van der Waals surface area contributed by atoms with Gasteiger partial charge in [-0.1, -0.05) is 6.92 Å². The van der Waals surface area contributed by atoms with Crippen LogP contribution in [0.25, 0.3) is 0 Å². The largest absolute Gasteiger partial charge is 0.481 e. The van der Waals surface area contributed by atoms with Crippen molar-refractivity contribution in [2.75, 3.05) is 13.1 Å². The van der Waals surface area contributed by atoms with Crippen molar-refractivity contribution in [3.8, 4) is 0 Å². The van der Waals surface area contributed by atoms with Crippen LogP contribution in [-0.2, 0) is 11.2 Å². The van der Waals surface area contributed by atoms with Crippen LogP contribution in [-0.4, -0.2) is 35.0 Å². The number of hydrogen-bond donors (Lipinski definition) is 1. The van der Waals surface area contributed by atoms with Gasteiger partial charge in [0.15, 0.2) is 0 Å². The summed E-state index contributed by atoms with van der Waals surface area (Å²) in [5, 5.41) is 8.89. The Kier molecular flexibility index (Phi) is 5.16. The zero-order chi connectivity index (χ0) is 12.4. The Bertz CT molecular complexity index is 446. The van der Waals surface area contributed by atoms with Crippen molar-refractivity contribution >= 4 is 35.6 Å². The Labute approximate surface area is 116 Å². The minimum Gasteiger partial charge on any atom is -0.481 e. The topological polar surface area (TPSA) is 57.6 Å². The van der Waals surface area contributed by atoms with Gasteiger partial charge in [-0.25, -0.2) is 0 Å². The molecule has 0 bridgehead atoms. The molecule has 2 rings (SSSR count). The van der Waals surface area contributed by atoms with E-state index < -0.39 is 11.9 Å². The number of carbonyl (C=O) groups excluding carboxylic acids is 1. The van der Waals surface area contributed by atoms with E-state index in [9.17, 15) is 9.59 Å². The number of halogens is 1. The molecule has 18 heavy (non-hydrogen) atoms. The first-order valence-electron chi connectivity index (χ1n) is 5.72. The summed E-state index contributed by atoms with van der Waals surface area (Å²) in [7, 11) is 0. The van der Waals surface area contributed by atoms with Crippen molar-refractivity contribution in [1.29, 1.82) is 0 Å². The van der Waals surface area contributed by atoms with Crippen LogP contribution in [0.2, 0.25) is 0 Å². The van der Waals surface area contributed by atoms with E-state index in [1.54, 1.807) is 4.90 Å². The van der Waals surface area contributed by atoms with Crippen LogP contribution in [0.1, 0.15) is 27.9 Å².